The summed E-state index contributed by atoms with van der Waals surface area (Å²) >= 11 is 0. The summed E-state index contributed by atoms with van der Waals surface area (Å²) in [7, 11) is 4.66. The molecule has 34 heavy (non-hydrogen) atoms. The molecule has 180 valence electrons. The summed E-state index contributed by atoms with van der Waals surface area (Å²) in [6, 6.07) is 12.2. The quantitative estimate of drug-likeness (QED) is 0.674. The molecule has 0 aromatic heterocycles. The Morgan fingerprint density at radius 2 is 1.50 bits per heavy atom. The van der Waals surface area contributed by atoms with E-state index in [-0.39, 0.29) is 29.4 Å². The van der Waals surface area contributed by atoms with Crippen molar-refractivity contribution in [1.29, 1.82) is 0 Å². The lowest BCUT2D eigenvalue weighted by molar-refractivity contribution is -0.122. The molecule has 0 unspecified atom stereocenters. The van der Waals surface area contributed by atoms with Gasteiger partial charge in [0, 0.05) is 35.6 Å². The van der Waals surface area contributed by atoms with Gasteiger partial charge < -0.3 is 19.5 Å². The summed E-state index contributed by atoms with van der Waals surface area (Å²) in [5, 5.41) is 3.00. The first-order valence-electron chi connectivity index (χ1n) is 11.6. The smallest absolute Gasteiger partial charge is 0.225 e. The van der Waals surface area contributed by atoms with E-state index in [0.717, 1.165) is 16.8 Å². The van der Waals surface area contributed by atoms with Crippen molar-refractivity contribution in [2.45, 2.75) is 57.3 Å². The van der Waals surface area contributed by atoms with Gasteiger partial charge in [0.2, 0.25) is 11.7 Å². The third-order valence-corrected chi connectivity index (χ3v) is 6.89. The van der Waals surface area contributed by atoms with Crippen LogP contribution in [-0.2, 0) is 15.0 Å². The van der Waals surface area contributed by atoms with Gasteiger partial charge in [-0.2, -0.15) is 0 Å². The molecule has 2 aliphatic rings. The van der Waals surface area contributed by atoms with Crippen molar-refractivity contribution in [3.05, 3.63) is 64.4 Å². The number of benzene rings is 2. The van der Waals surface area contributed by atoms with E-state index in [0.29, 0.717) is 35.7 Å². The Bertz CT molecular complexity index is 1140. The first kappa shape index (κ1) is 23.9. The van der Waals surface area contributed by atoms with Gasteiger partial charge >= 0.3 is 0 Å². The highest BCUT2D eigenvalue weighted by Crippen LogP contribution is 2.49. The third-order valence-electron chi connectivity index (χ3n) is 6.89. The van der Waals surface area contributed by atoms with Crippen LogP contribution in [0.15, 0.2) is 47.7 Å². The summed E-state index contributed by atoms with van der Waals surface area (Å²) < 4.78 is 16.6. The predicted octanol–water partition coefficient (Wildman–Crippen LogP) is 5.01. The Kier molecular flexibility index (Phi) is 6.43. The van der Waals surface area contributed by atoms with E-state index in [1.165, 1.54) is 5.56 Å². The lowest BCUT2D eigenvalue weighted by Gasteiger charge is -2.35. The number of Topliss-reactive ketones (excluding diaryl/α,β-unsaturated/α-hetero) is 1. The molecule has 0 radical (unpaired) electrons. The molecular formula is C28H33NO5. The number of hydrogen-bond donors (Lipinski definition) is 1. The normalized spacial score (nSPS) is 20.5. The molecule has 2 atom stereocenters. The van der Waals surface area contributed by atoms with Crippen LogP contribution >= 0.6 is 0 Å². The van der Waals surface area contributed by atoms with Crippen LogP contribution in [0.25, 0.3) is 0 Å². The highest BCUT2D eigenvalue weighted by molar-refractivity contribution is 6.02. The average molecular weight is 464 g/mol. The van der Waals surface area contributed by atoms with Gasteiger partial charge in [-0.15, -0.1) is 0 Å². The zero-order chi connectivity index (χ0) is 24.6. The van der Waals surface area contributed by atoms with E-state index >= 15 is 0 Å². The molecule has 0 saturated heterocycles. The van der Waals surface area contributed by atoms with Gasteiger partial charge in [-0.25, -0.2) is 0 Å². The fourth-order valence-electron chi connectivity index (χ4n) is 5.12. The van der Waals surface area contributed by atoms with E-state index in [9.17, 15) is 9.59 Å². The third kappa shape index (κ3) is 4.29. The Morgan fingerprint density at radius 1 is 0.824 bits per heavy atom. The van der Waals surface area contributed by atoms with E-state index < -0.39 is 5.92 Å². The molecule has 6 heteroatoms. The highest BCUT2D eigenvalue weighted by Gasteiger charge is 2.40. The van der Waals surface area contributed by atoms with Gasteiger partial charge in [-0.3, -0.25) is 9.59 Å². The molecule has 1 N–H and O–H groups in total. The van der Waals surface area contributed by atoms with Crippen LogP contribution in [0.4, 0.5) is 0 Å². The van der Waals surface area contributed by atoms with Crippen LogP contribution < -0.4 is 19.5 Å². The van der Waals surface area contributed by atoms with Gasteiger partial charge in [0.15, 0.2) is 17.3 Å². The van der Waals surface area contributed by atoms with Gasteiger partial charge in [0.1, 0.15) is 0 Å². The summed E-state index contributed by atoms with van der Waals surface area (Å²) in [6.45, 7) is 6.55. The zero-order valence-electron chi connectivity index (χ0n) is 20.8. The fourth-order valence-corrected chi connectivity index (χ4v) is 5.12. The number of amides is 1. The molecule has 4 rings (SSSR count). The van der Waals surface area contributed by atoms with Gasteiger partial charge in [0.05, 0.1) is 21.3 Å². The van der Waals surface area contributed by atoms with Crippen LogP contribution in [0.5, 0.6) is 17.2 Å². The molecule has 2 aromatic carbocycles. The topological polar surface area (TPSA) is 73.9 Å². The van der Waals surface area contributed by atoms with Gasteiger partial charge in [-0.1, -0.05) is 51.1 Å². The average Bonchev–Trinajstić information content (AvgIpc) is 2.81. The highest BCUT2D eigenvalue weighted by atomic mass is 16.5. The number of carbonyl (C=O) groups is 2. The maximum absolute atomic E-state index is 13.5. The molecule has 1 heterocycles. The molecule has 1 aliphatic heterocycles. The molecule has 1 aliphatic carbocycles. The predicted molar refractivity (Wildman–Crippen MR) is 131 cm³/mol. The van der Waals surface area contributed by atoms with E-state index in [4.69, 9.17) is 14.2 Å². The van der Waals surface area contributed by atoms with Crippen molar-refractivity contribution < 1.29 is 23.8 Å². The first-order chi connectivity index (χ1) is 16.2. The van der Waals surface area contributed by atoms with E-state index in [1.807, 2.05) is 6.07 Å². The number of ketones is 1. The number of carbonyl (C=O) groups excluding carboxylic acids is 2. The van der Waals surface area contributed by atoms with Crippen LogP contribution in [-0.4, -0.2) is 33.0 Å². The Balaban J connectivity index is 1.72. The second-order valence-corrected chi connectivity index (χ2v) is 10.0. The zero-order valence-corrected chi connectivity index (χ0v) is 20.8. The maximum Gasteiger partial charge on any atom is 0.225 e. The molecule has 0 bridgehead atoms. The summed E-state index contributed by atoms with van der Waals surface area (Å²) in [4.78, 5) is 26.2. The Hall–Kier alpha value is -3.28. The van der Waals surface area contributed by atoms with Crippen molar-refractivity contribution in [2.75, 3.05) is 21.3 Å². The fraction of sp³-hybridized carbons (Fsp3) is 0.429. The van der Waals surface area contributed by atoms with Gasteiger partial charge in [0.25, 0.3) is 0 Å². The minimum Gasteiger partial charge on any atom is -0.493 e. The Morgan fingerprint density at radius 3 is 2.09 bits per heavy atom. The van der Waals surface area contributed by atoms with Crippen LogP contribution in [0.3, 0.4) is 0 Å². The second-order valence-electron chi connectivity index (χ2n) is 10.0. The monoisotopic (exact) mass is 463 g/mol. The largest absolute Gasteiger partial charge is 0.493 e. The minimum absolute atomic E-state index is 0.0339. The number of methoxy groups -OCH3 is 3. The standard InChI is InChI=1S/C28H33NO5/c1-28(2,3)18-9-7-16(8-10-18)17-13-21-25(22(30)14-17)20(15-24(31)29-21)19-11-12-23(32-4)27(34-6)26(19)33-5/h7-12,17,20H,13-15H2,1-6H3,(H,29,31)/t17-,20+/m1/s1. The summed E-state index contributed by atoms with van der Waals surface area (Å²) in [5.41, 5.74) is 4.59. The first-order valence-corrected chi connectivity index (χ1v) is 11.6. The van der Waals surface area contributed by atoms with Crippen molar-refractivity contribution in [3.63, 3.8) is 0 Å². The lowest BCUT2D eigenvalue weighted by Crippen LogP contribution is -2.38. The van der Waals surface area contributed by atoms with Crippen molar-refractivity contribution in [1.82, 2.24) is 5.32 Å². The van der Waals surface area contributed by atoms with Crippen LogP contribution in [0, 0.1) is 0 Å². The summed E-state index contributed by atoms with van der Waals surface area (Å²) in [5.74, 6) is 1.08. The molecule has 1 amide bonds. The van der Waals surface area contributed by atoms with E-state index in [2.05, 4.69) is 50.4 Å². The van der Waals surface area contributed by atoms with Crippen molar-refractivity contribution >= 4 is 11.7 Å². The number of ether oxygens (including phenoxy) is 3. The molecular weight excluding hydrogens is 430 g/mol. The Labute approximate surface area is 201 Å². The van der Waals surface area contributed by atoms with Crippen molar-refractivity contribution in [2.24, 2.45) is 0 Å². The SMILES string of the molecule is COc1ccc([C@@H]2CC(=O)NC3=C2C(=O)C[C@H](c2ccc(C(C)(C)C)cc2)C3)c(OC)c1OC. The maximum atomic E-state index is 13.5. The minimum atomic E-state index is -0.393. The van der Waals surface area contributed by atoms with Crippen molar-refractivity contribution in [3.8, 4) is 17.2 Å². The molecule has 0 fully saturated rings. The van der Waals surface area contributed by atoms with Crippen LogP contribution in [0.1, 0.15) is 68.6 Å². The number of hydrogen-bond acceptors (Lipinski definition) is 5. The molecule has 0 saturated carbocycles. The number of rotatable bonds is 5. The van der Waals surface area contributed by atoms with Gasteiger partial charge in [-0.05, 0) is 34.9 Å². The van der Waals surface area contributed by atoms with Crippen LogP contribution in [0.2, 0.25) is 0 Å². The lowest BCUT2D eigenvalue weighted by atomic mass is 9.73. The number of allylic oxidation sites excluding steroid dienone is 2. The van der Waals surface area contributed by atoms with E-state index in [1.54, 1.807) is 27.4 Å². The molecule has 2 aromatic rings. The second kappa shape index (κ2) is 9.16. The molecule has 0 spiro atoms. The summed E-state index contributed by atoms with van der Waals surface area (Å²) in [6.07, 6.45) is 1.21. The molecule has 6 nitrogen and oxygen atoms in total. The number of nitrogens with one attached hydrogen (secondary N) is 1.